The first-order valence-corrected chi connectivity index (χ1v) is 7.48. The molecule has 1 atom stereocenters. The lowest BCUT2D eigenvalue weighted by Gasteiger charge is -2.36. The maximum Gasteiger partial charge on any atom is 0.126 e. The Labute approximate surface area is 129 Å². The molecule has 0 aromatic heterocycles. The molecule has 0 radical (unpaired) electrons. The van der Waals surface area contributed by atoms with Crippen LogP contribution in [0.25, 0.3) is 0 Å². The number of rotatable bonds is 2. The Kier molecular flexibility index (Phi) is 3.91. The highest BCUT2D eigenvalue weighted by Crippen LogP contribution is 2.29. The third-order valence-electron chi connectivity index (χ3n) is 4.29. The number of nitrogens with two attached hydrogens (primary N) is 1. The van der Waals surface area contributed by atoms with Crippen LogP contribution in [-0.4, -0.2) is 19.1 Å². The highest BCUT2D eigenvalue weighted by Gasteiger charge is 2.33. The summed E-state index contributed by atoms with van der Waals surface area (Å²) in [4.78, 5) is 2.36. The zero-order valence-corrected chi connectivity index (χ0v) is 12.4. The van der Waals surface area contributed by atoms with Crippen LogP contribution >= 0.6 is 11.6 Å². The molecule has 0 amide bonds. The SMILES string of the molecule is N#CC1=C(N)NNC1C1CCN(c2ccc(Cl)cc2)CC1. The largest absolute Gasteiger partial charge is 0.384 e. The molecule has 0 aliphatic carbocycles. The molecule has 1 unspecified atom stereocenters. The molecule has 4 N–H and O–H groups in total. The molecule has 1 fully saturated rings. The van der Waals surface area contributed by atoms with Gasteiger partial charge in [-0.3, -0.25) is 0 Å². The summed E-state index contributed by atoms with van der Waals surface area (Å²) >= 11 is 5.92. The highest BCUT2D eigenvalue weighted by molar-refractivity contribution is 6.30. The molecule has 0 spiro atoms. The summed E-state index contributed by atoms with van der Waals surface area (Å²) in [5.41, 5.74) is 13.6. The Morgan fingerprint density at radius 3 is 2.52 bits per heavy atom. The number of anilines is 1. The number of nitrogens with one attached hydrogen (secondary N) is 2. The lowest BCUT2D eigenvalue weighted by Crippen LogP contribution is -2.44. The number of hydrogen-bond donors (Lipinski definition) is 3. The van der Waals surface area contributed by atoms with Gasteiger partial charge in [0.05, 0.1) is 11.6 Å². The van der Waals surface area contributed by atoms with Gasteiger partial charge in [-0.25, -0.2) is 5.43 Å². The van der Waals surface area contributed by atoms with Crippen LogP contribution in [0.4, 0.5) is 5.69 Å². The van der Waals surface area contributed by atoms with Crippen LogP contribution in [-0.2, 0) is 0 Å². The molecule has 110 valence electrons. The van der Waals surface area contributed by atoms with E-state index in [9.17, 15) is 5.26 Å². The average molecular weight is 304 g/mol. The van der Waals surface area contributed by atoms with Crippen LogP contribution in [0.15, 0.2) is 35.7 Å². The van der Waals surface area contributed by atoms with Gasteiger partial charge < -0.3 is 16.1 Å². The first-order valence-electron chi connectivity index (χ1n) is 7.11. The Morgan fingerprint density at radius 2 is 1.90 bits per heavy atom. The molecule has 0 saturated carbocycles. The van der Waals surface area contributed by atoms with Gasteiger partial charge in [-0.05, 0) is 43.0 Å². The minimum absolute atomic E-state index is 0.0300. The number of benzene rings is 1. The van der Waals surface area contributed by atoms with E-state index in [2.05, 4.69) is 34.0 Å². The van der Waals surface area contributed by atoms with Crippen molar-refractivity contribution in [1.82, 2.24) is 10.9 Å². The maximum atomic E-state index is 9.20. The van der Waals surface area contributed by atoms with Crippen molar-refractivity contribution >= 4 is 17.3 Å². The Morgan fingerprint density at radius 1 is 1.24 bits per heavy atom. The minimum atomic E-state index is 0.0300. The van der Waals surface area contributed by atoms with Gasteiger partial charge in [-0.2, -0.15) is 5.26 Å². The number of nitrogens with zero attached hydrogens (tertiary/aromatic N) is 2. The van der Waals surface area contributed by atoms with Gasteiger partial charge in [0.2, 0.25) is 0 Å². The fraction of sp³-hybridized carbons (Fsp3) is 0.400. The Hall–Kier alpha value is -1.90. The van der Waals surface area contributed by atoms with Crippen molar-refractivity contribution in [3.63, 3.8) is 0 Å². The lowest BCUT2D eigenvalue weighted by molar-refractivity contribution is 0.328. The second kappa shape index (κ2) is 5.84. The normalized spacial score (nSPS) is 23.0. The molecule has 6 heteroatoms. The van der Waals surface area contributed by atoms with Gasteiger partial charge in [0.15, 0.2) is 0 Å². The molecular weight excluding hydrogens is 286 g/mol. The number of nitriles is 1. The molecule has 2 aliphatic rings. The summed E-state index contributed by atoms with van der Waals surface area (Å²) in [5.74, 6) is 0.888. The third kappa shape index (κ3) is 2.78. The van der Waals surface area contributed by atoms with E-state index >= 15 is 0 Å². The maximum absolute atomic E-state index is 9.20. The number of halogens is 1. The van der Waals surface area contributed by atoms with Crippen molar-refractivity contribution in [3.8, 4) is 6.07 Å². The molecule has 2 aliphatic heterocycles. The summed E-state index contributed by atoms with van der Waals surface area (Å²) in [6, 6.07) is 10.2. The van der Waals surface area contributed by atoms with E-state index in [1.807, 2.05) is 12.1 Å². The van der Waals surface area contributed by atoms with Crippen LogP contribution in [0.5, 0.6) is 0 Å². The standard InChI is InChI=1S/C15H18ClN5/c16-11-1-3-12(4-2-11)21-7-5-10(6-8-21)14-13(9-17)15(18)20-19-14/h1-4,10,14,19-20H,5-8,18H2. The molecule has 21 heavy (non-hydrogen) atoms. The van der Waals surface area contributed by atoms with Gasteiger partial charge in [0, 0.05) is 23.8 Å². The monoisotopic (exact) mass is 303 g/mol. The summed E-state index contributed by atoms with van der Waals surface area (Å²) in [6.45, 7) is 1.95. The zero-order chi connectivity index (χ0) is 14.8. The van der Waals surface area contributed by atoms with Crippen molar-refractivity contribution in [3.05, 3.63) is 40.7 Å². The smallest absolute Gasteiger partial charge is 0.126 e. The highest BCUT2D eigenvalue weighted by atomic mass is 35.5. The predicted molar refractivity (Wildman–Crippen MR) is 83.3 cm³/mol. The van der Waals surface area contributed by atoms with Crippen LogP contribution in [0, 0.1) is 17.2 Å². The van der Waals surface area contributed by atoms with Gasteiger partial charge >= 0.3 is 0 Å². The quantitative estimate of drug-likeness (QED) is 0.775. The minimum Gasteiger partial charge on any atom is -0.384 e. The first-order chi connectivity index (χ1) is 10.2. The number of piperidine rings is 1. The Balaban J connectivity index is 1.63. The van der Waals surface area contributed by atoms with E-state index in [0.717, 1.165) is 31.0 Å². The van der Waals surface area contributed by atoms with Crippen LogP contribution < -0.4 is 21.5 Å². The topological polar surface area (TPSA) is 77.1 Å². The summed E-state index contributed by atoms with van der Waals surface area (Å²) < 4.78 is 0. The van der Waals surface area contributed by atoms with Gasteiger partial charge in [0.25, 0.3) is 0 Å². The predicted octanol–water partition coefficient (Wildman–Crippen LogP) is 1.73. The molecule has 1 saturated heterocycles. The van der Waals surface area contributed by atoms with Crippen LogP contribution in [0.1, 0.15) is 12.8 Å². The van der Waals surface area contributed by atoms with Crippen molar-refractivity contribution in [2.45, 2.75) is 18.9 Å². The zero-order valence-electron chi connectivity index (χ0n) is 11.6. The van der Waals surface area contributed by atoms with E-state index in [1.165, 1.54) is 5.69 Å². The molecule has 0 bridgehead atoms. The Bertz CT molecular complexity index is 581. The van der Waals surface area contributed by atoms with Crippen molar-refractivity contribution in [1.29, 1.82) is 5.26 Å². The second-order valence-corrected chi connectivity index (χ2v) is 5.92. The van der Waals surface area contributed by atoms with E-state index in [4.69, 9.17) is 17.3 Å². The number of hydrazine groups is 1. The molecule has 1 aromatic rings. The van der Waals surface area contributed by atoms with E-state index in [1.54, 1.807) is 0 Å². The van der Waals surface area contributed by atoms with Gasteiger partial charge in [-0.15, -0.1) is 0 Å². The van der Waals surface area contributed by atoms with Crippen molar-refractivity contribution in [2.24, 2.45) is 11.7 Å². The van der Waals surface area contributed by atoms with Gasteiger partial charge in [-0.1, -0.05) is 11.6 Å². The van der Waals surface area contributed by atoms with Crippen molar-refractivity contribution in [2.75, 3.05) is 18.0 Å². The van der Waals surface area contributed by atoms with Crippen LogP contribution in [0.2, 0.25) is 5.02 Å². The third-order valence-corrected chi connectivity index (χ3v) is 4.54. The fourth-order valence-electron chi connectivity index (χ4n) is 3.09. The molecular formula is C15H18ClN5. The number of hydrogen-bond acceptors (Lipinski definition) is 5. The lowest BCUT2D eigenvalue weighted by atomic mass is 9.86. The summed E-state index contributed by atoms with van der Waals surface area (Å²) in [7, 11) is 0. The average Bonchev–Trinajstić information content (AvgIpc) is 2.89. The molecule has 3 rings (SSSR count). The molecule has 1 aromatic carbocycles. The van der Waals surface area contributed by atoms with E-state index < -0.39 is 0 Å². The van der Waals surface area contributed by atoms with E-state index in [-0.39, 0.29) is 6.04 Å². The summed E-state index contributed by atoms with van der Waals surface area (Å²) in [6.07, 6.45) is 2.06. The van der Waals surface area contributed by atoms with Crippen LogP contribution in [0.3, 0.4) is 0 Å². The molecule has 2 heterocycles. The van der Waals surface area contributed by atoms with E-state index in [0.29, 0.717) is 17.3 Å². The van der Waals surface area contributed by atoms with Gasteiger partial charge in [0.1, 0.15) is 11.9 Å². The first kappa shape index (κ1) is 14.1. The van der Waals surface area contributed by atoms with Crippen molar-refractivity contribution < 1.29 is 0 Å². The summed E-state index contributed by atoms with van der Waals surface area (Å²) in [5, 5.41) is 9.96. The molecule has 5 nitrogen and oxygen atoms in total. The fourth-order valence-corrected chi connectivity index (χ4v) is 3.21. The second-order valence-electron chi connectivity index (χ2n) is 5.49.